The Morgan fingerprint density at radius 2 is 0.720 bits per heavy atom. The first-order valence-corrected chi connectivity index (χ1v) is 17.3. The molecule has 0 saturated carbocycles. The van der Waals surface area contributed by atoms with E-state index < -0.39 is 12.4 Å². The van der Waals surface area contributed by atoms with E-state index in [9.17, 15) is 0 Å². The molecule has 0 aliphatic carbocycles. The van der Waals surface area contributed by atoms with Gasteiger partial charge in [0.25, 0.3) is 0 Å². The van der Waals surface area contributed by atoms with Crippen LogP contribution < -0.4 is 4.86 Å². The van der Waals surface area contributed by atoms with Crippen molar-refractivity contribution in [2.75, 3.05) is 24.6 Å². The van der Waals surface area contributed by atoms with Crippen molar-refractivity contribution in [3.8, 4) is 0 Å². The van der Waals surface area contributed by atoms with Gasteiger partial charge in [-0.2, -0.15) is 0 Å². The lowest BCUT2D eigenvalue weighted by molar-refractivity contribution is 0.755. The van der Waals surface area contributed by atoms with Crippen LogP contribution in [0.1, 0.15) is 105 Å². The molecule has 1 N–H and O–H groups in total. The fraction of sp³-hybridized carbons (Fsp3) is 1.00. The monoisotopic (exact) mass is 425 g/mol. The Balaban J connectivity index is 4.97. The summed E-state index contributed by atoms with van der Waals surface area (Å²) in [4.78, 5) is 4.09. The summed E-state index contributed by atoms with van der Waals surface area (Å²) >= 11 is 12.6. The molecule has 0 amide bonds. The zero-order chi connectivity index (χ0) is 19.0. The van der Waals surface area contributed by atoms with Gasteiger partial charge >= 0.3 is 0 Å². The maximum atomic E-state index is 6.30. The van der Waals surface area contributed by atoms with E-state index in [1.165, 1.54) is 102 Å². The largest absolute Gasteiger partial charge is 0.259 e. The Morgan fingerprint density at radius 1 is 0.480 bits per heavy atom. The van der Waals surface area contributed by atoms with Crippen LogP contribution in [0.3, 0.4) is 0 Å². The SMILES string of the molecule is CCCCCP(=S)(CCCCC)NP(=S)(CCCCC)CCCCC. The molecule has 0 aromatic carbocycles. The van der Waals surface area contributed by atoms with Gasteiger partial charge in [0, 0.05) is 12.4 Å². The first kappa shape index (κ1) is 26.3. The average molecular weight is 426 g/mol. The molecule has 0 aromatic heterocycles. The normalized spacial score (nSPS) is 12.6. The molecule has 0 aromatic rings. The van der Waals surface area contributed by atoms with Gasteiger partial charge in [-0.3, -0.25) is 4.86 Å². The Morgan fingerprint density at radius 3 is 0.920 bits per heavy atom. The predicted octanol–water partition coefficient (Wildman–Crippen LogP) is 8.13. The van der Waals surface area contributed by atoms with E-state index in [4.69, 9.17) is 23.6 Å². The fourth-order valence-corrected chi connectivity index (χ4v) is 15.7. The van der Waals surface area contributed by atoms with E-state index in [-0.39, 0.29) is 0 Å². The van der Waals surface area contributed by atoms with E-state index in [0.29, 0.717) is 0 Å². The van der Waals surface area contributed by atoms with E-state index >= 15 is 0 Å². The fourth-order valence-electron chi connectivity index (χ4n) is 3.22. The highest BCUT2D eigenvalue weighted by Crippen LogP contribution is 2.57. The molecule has 0 aliphatic rings. The van der Waals surface area contributed by atoms with Crippen molar-refractivity contribution < 1.29 is 0 Å². The highest BCUT2D eigenvalue weighted by Gasteiger charge is 2.25. The molecule has 0 radical (unpaired) electrons. The van der Waals surface area contributed by atoms with Crippen molar-refractivity contribution in [2.24, 2.45) is 0 Å². The molecule has 152 valence electrons. The quantitative estimate of drug-likeness (QED) is 0.176. The molecule has 0 saturated heterocycles. The van der Waals surface area contributed by atoms with Gasteiger partial charge in [0.2, 0.25) is 0 Å². The molecule has 0 rings (SSSR count). The van der Waals surface area contributed by atoms with E-state index in [1.807, 2.05) is 0 Å². The Hall–Kier alpha value is 1.26. The lowest BCUT2D eigenvalue weighted by Crippen LogP contribution is -2.17. The number of hydrogen-bond donors (Lipinski definition) is 1. The van der Waals surface area contributed by atoms with Crippen LogP contribution in [-0.2, 0) is 23.6 Å². The number of hydrogen-bond acceptors (Lipinski definition) is 2. The summed E-state index contributed by atoms with van der Waals surface area (Å²) in [5.74, 6) is 0. The van der Waals surface area contributed by atoms with Gasteiger partial charge in [-0.15, -0.1) is 0 Å². The van der Waals surface area contributed by atoms with Crippen LogP contribution in [0.2, 0.25) is 0 Å². The first-order chi connectivity index (χ1) is 11.9. The van der Waals surface area contributed by atoms with E-state index in [1.54, 1.807) is 0 Å². The summed E-state index contributed by atoms with van der Waals surface area (Å²) < 4.78 is 0. The van der Waals surface area contributed by atoms with Crippen molar-refractivity contribution >= 4 is 36.0 Å². The summed E-state index contributed by atoms with van der Waals surface area (Å²) in [7, 11) is 0. The lowest BCUT2D eigenvalue weighted by Gasteiger charge is -2.33. The second-order valence-corrected chi connectivity index (χ2v) is 17.9. The second kappa shape index (κ2) is 16.2. The molecule has 0 heterocycles. The highest BCUT2D eigenvalue weighted by molar-refractivity contribution is 8.22. The third kappa shape index (κ3) is 14.0. The van der Waals surface area contributed by atoms with Crippen molar-refractivity contribution in [1.82, 2.24) is 4.86 Å². The topological polar surface area (TPSA) is 12.0 Å². The maximum Gasteiger partial charge on any atom is 0.0164 e. The van der Waals surface area contributed by atoms with Gasteiger partial charge in [-0.1, -0.05) is 103 Å². The zero-order valence-corrected chi connectivity index (χ0v) is 20.9. The van der Waals surface area contributed by atoms with Crippen molar-refractivity contribution in [2.45, 2.75) is 105 Å². The van der Waals surface area contributed by atoms with Gasteiger partial charge in [0.15, 0.2) is 0 Å². The van der Waals surface area contributed by atoms with Crippen LogP contribution in [0.5, 0.6) is 0 Å². The number of unbranched alkanes of at least 4 members (excludes halogenated alkanes) is 8. The number of nitrogens with one attached hydrogen (secondary N) is 1. The summed E-state index contributed by atoms with van der Waals surface area (Å²) in [5.41, 5.74) is 0. The first-order valence-electron chi connectivity index (χ1n) is 10.9. The van der Waals surface area contributed by atoms with Gasteiger partial charge < -0.3 is 0 Å². The molecule has 25 heavy (non-hydrogen) atoms. The maximum absolute atomic E-state index is 6.30. The molecular formula is C20H45NP2S2. The molecule has 5 heteroatoms. The second-order valence-electron chi connectivity index (χ2n) is 7.60. The van der Waals surface area contributed by atoms with Crippen molar-refractivity contribution in [1.29, 1.82) is 0 Å². The van der Waals surface area contributed by atoms with Crippen LogP contribution in [0, 0.1) is 0 Å². The third-order valence-corrected chi connectivity index (χ3v) is 15.6. The van der Waals surface area contributed by atoms with Gasteiger partial charge in [-0.25, -0.2) is 0 Å². The molecular weight excluding hydrogens is 380 g/mol. The molecule has 0 atom stereocenters. The molecule has 0 bridgehead atoms. The minimum Gasteiger partial charge on any atom is -0.259 e. The predicted molar refractivity (Wildman–Crippen MR) is 129 cm³/mol. The smallest absolute Gasteiger partial charge is 0.0164 e. The Labute approximate surface area is 170 Å². The van der Waals surface area contributed by atoms with E-state index in [0.717, 1.165) is 0 Å². The van der Waals surface area contributed by atoms with Crippen LogP contribution in [0.4, 0.5) is 0 Å². The van der Waals surface area contributed by atoms with Gasteiger partial charge in [0.1, 0.15) is 0 Å². The van der Waals surface area contributed by atoms with Crippen LogP contribution in [0.25, 0.3) is 0 Å². The number of rotatable bonds is 18. The van der Waals surface area contributed by atoms with Crippen molar-refractivity contribution in [3.63, 3.8) is 0 Å². The Bertz CT molecular complexity index is 335. The van der Waals surface area contributed by atoms with E-state index in [2.05, 4.69) is 32.6 Å². The summed E-state index contributed by atoms with van der Waals surface area (Å²) in [5, 5.41) is 0. The summed E-state index contributed by atoms with van der Waals surface area (Å²) in [6.07, 6.45) is 17.6. The Kier molecular flexibility index (Phi) is 17.1. The van der Waals surface area contributed by atoms with Crippen LogP contribution in [0.15, 0.2) is 0 Å². The molecule has 0 fully saturated rings. The molecule has 0 aliphatic heterocycles. The average Bonchev–Trinajstić information content (AvgIpc) is 2.56. The van der Waals surface area contributed by atoms with Crippen molar-refractivity contribution in [3.05, 3.63) is 0 Å². The van der Waals surface area contributed by atoms with Crippen LogP contribution >= 0.6 is 12.4 Å². The molecule has 0 unspecified atom stereocenters. The van der Waals surface area contributed by atoms with Gasteiger partial charge in [-0.05, 0) is 50.3 Å². The molecule has 0 spiro atoms. The summed E-state index contributed by atoms with van der Waals surface area (Å²) in [6, 6.07) is 0. The molecule has 1 nitrogen and oxygen atoms in total. The van der Waals surface area contributed by atoms with Gasteiger partial charge in [0.05, 0.1) is 0 Å². The highest BCUT2D eigenvalue weighted by atomic mass is 32.5. The minimum absolute atomic E-state index is 1.24. The zero-order valence-electron chi connectivity index (χ0n) is 17.5. The summed E-state index contributed by atoms with van der Waals surface area (Å²) in [6.45, 7) is 9.14. The minimum atomic E-state index is -1.47. The lowest BCUT2D eigenvalue weighted by atomic mass is 10.3. The third-order valence-electron chi connectivity index (χ3n) is 4.86. The van der Waals surface area contributed by atoms with Crippen LogP contribution in [-0.4, -0.2) is 24.6 Å². The standard InChI is InChI=1S/C20H45NP2S2/c1-5-9-13-17-22(24,18-14-10-6-2)21-23(25,19-15-11-7-3)20-16-12-8-4/h5-20H2,1-4H3,(H,21,24,25).